The Morgan fingerprint density at radius 2 is 1.62 bits per heavy atom. The van der Waals surface area contributed by atoms with Crippen molar-refractivity contribution in [2.75, 3.05) is 19.0 Å². The lowest BCUT2D eigenvalue weighted by atomic mass is 9.96. The van der Waals surface area contributed by atoms with Gasteiger partial charge in [0.1, 0.15) is 28.7 Å². The minimum Gasteiger partial charge on any atom is -0.496 e. The smallest absolute Gasteiger partial charge is 0.271 e. The summed E-state index contributed by atoms with van der Waals surface area (Å²) in [5.41, 5.74) is 2.20. The molecule has 0 bridgehead atoms. The van der Waals surface area contributed by atoms with Crippen LogP contribution in [0, 0.1) is 11.6 Å². The van der Waals surface area contributed by atoms with Gasteiger partial charge in [-0.1, -0.05) is 18.2 Å². The average molecular weight is 604 g/mol. The van der Waals surface area contributed by atoms with Crippen molar-refractivity contribution in [3.8, 4) is 39.4 Å². The quantitative estimate of drug-likeness (QED) is 0.193. The van der Waals surface area contributed by atoms with Crippen LogP contribution < -0.4 is 20.3 Å². The lowest BCUT2D eigenvalue weighted by Crippen LogP contribution is -2.29. The Bertz CT molecular complexity index is 2110. The maximum atomic E-state index is 15.6. The minimum atomic E-state index is -0.773. The van der Waals surface area contributed by atoms with Gasteiger partial charge in [-0.3, -0.25) is 19.1 Å². The standard InChI is InChI=1S/C36H27F2N3O4/c1-3-45-33-15-17-41(28-10-7-26(37)8-11-28)36(43)34(33)35(42)40-27-9-12-29(31(38)20-27)24-6-13-32(44-2)30(19-24)23-4-5-25-21-39-16-14-22(25)18-23/h4-21H,3H2,1-2H3,(H,40,42). The fraction of sp³-hybridized carbons (Fsp3) is 0.0833. The van der Waals surface area contributed by atoms with Gasteiger partial charge in [0, 0.05) is 46.5 Å². The number of ether oxygens (including phenoxy) is 2. The van der Waals surface area contributed by atoms with Crippen molar-refractivity contribution in [1.82, 2.24) is 9.55 Å². The van der Waals surface area contributed by atoms with Gasteiger partial charge in [0.05, 0.1) is 13.7 Å². The Morgan fingerprint density at radius 1 is 0.844 bits per heavy atom. The van der Waals surface area contributed by atoms with Crippen LogP contribution in [0.5, 0.6) is 11.5 Å². The molecular formula is C36H27F2N3O4. The topological polar surface area (TPSA) is 82.5 Å². The first kappa shape index (κ1) is 29.3. The third-order valence-corrected chi connectivity index (χ3v) is 7.37. The van der Waals surface area contributed by atoms with E-state index in [1.165, 1.54) is 47.2 Å². The lowest BCUT2D eigenvalue weighted by Gasteiger charge is -2.15. The number of rotatable bonds is 8. The third-order valence-electron chi connectivity index (χ3n) is 7.37. The molecule has 0 atom stereocenters. The molecule has 7 nitrogen and oxygen atoms in total. The maximum Gasteiger partial charge on any atom is 0.271 e. The van der Waals surface area contributed by atoms with Gasteiger partial charge in [-0.25, -0.2) is 8.78 Å². The summed E-state index contributed by atoms with van der Waals surface area (Å²) in [7, 11) is 1.58. The molecule has 2 heterocycles. The molecule has 6 rings (SSSR count). The molecule has 2 aromatic heterocycles. The highest BCUT2D eigenvalue weighted by Crippen LogP contribution is 2.37. The molecule has 0 radical (unpaired) electrons. The van der Waals surface area contributed by atoms with E-state index in [1.54, 1.807) is 50.7 Å². The van der Waals surface area contributed by atoms with Crippen LogP contribution in [-0.4, -0.2) is 29.2 Å². The van der Waals surface area contributed by atoms with Crippen molar-refractivity contribution in [2.24, 2.45) is 0 Å². The van der Waals surface area contributed by atoms with E-state index < -0.39 is 23.1 Å². The predicted molar refractivity (Wildman–Crippen MR) is 170 cm³/mol. The number of nitrogens with zero attached hydrogens (tertiary/aromatic N) is 2. The van der Waals surface area contributed by atoms with Gasteiger partial charge in [-0.2, -0.15) is 0 Å². The van der Waals surface area contributed by atoms with Crippen molar-refractivity contribution < 1.29 is 23.0 Å². The van der Waals surface area contributed by atoms with E-state index in [2.05, 4.69) is 10.3 Å². The van der Waals surface area contributed by atoms with Crippen molar-refractivity contribution >= 4 is 22.4 Å². The van der Waals surface area contributed by atoms with Gasteiger partial charge in [-0.05, 0) is 96.2 Å². The second-order valence-corrected chi connectivity index (χ2v) is 10.1. The van der Waals surface area contributed by atoms with Gasteiger partial charge >= 0.3 is 0 Å². The van der Waals surface area contributed by atoms with E-state index in [9.17, 15) is 14.0 Å². The van der Waals surface area contributed by atoms with Crippen LogP contribution in [0.15, 0.2) is 114 Å². The molecule has 4 aromatic carbocycles. The zero-order chi connectivity index (χ0) is 31.5. The number of hydrogen-bond donors (Lipinski definition) is 1. The molecule has 0 saturated carbocycles. The maximum absolute atomic E-state index is 15.6. The van der Waals surface area contributed by atoms with Crippen LogP contribution in [0.25, 0.3) is 38.7 Å². The van der Waals surface area contributed by atoms with Gasteiger partial charge < -0.3 is 14.8 Å². The molecule has 9 heteroatoms. The Labute approximate surface area is 257 Å². The second-order valence-electron chi connectivity index (χ2n) is 10.1. The average Bonchev–Trinajstić information content (AvgIpc) is 3.05. The summed E-state index contributed by atoms with van der Waals surface area (Å²) in [4.78, 5) is 31.0. The van der Waals surface area contributed by atoms with E-state index >= 15 is 4.39 Å². The van der Waals surface area contributed by atoms with Crippen LogP contribution in [0.3, 0.4) is 0 Å². The molecule has 0 fully saturated rings. The summed E-state index contributed by atoms with van der Waals surface area (Å²) in [5, 5.41) is 4.63. The Morgan fingerprint density at radius 3 is 2.38 bits per heavy atom. The molecular weight excluding hydrogens is 576 g/mol. The number of amides is 1. The van der Waals surface area contributed by atoms with Crippen LogP contribution in [0.1, 0.15) is 17.3 Å². The largest absolute Gasteiger partial charge is 0.496 e. The molecule has 0 aliphatic heterocycles. The Hall–Kier alpha value is -5.83. The summed E-state index contributed by atoms with van der Waals surface area (Å²) in [6.45, 7) is 1.94. The molecule has 0 saturated heterocycles. The first-order chi connectivity index (χ1) is 21.9. The molecule has 6 aromatic rings. The molecule has 1 N–H and O–H groups in total. The number of pyridine rings is 2. The highest BCUT2D eigenvalue weighted by Gasteiger charge is 2.21. The SMILES string of the molecule is CCOc1ccn(-c2ccc(F)cc2)c(=O)c1C(=O)Nc1ccc(-c2ccc(OC)c(-c3ccc4cnccc4c3)c2)c(F)c1. The van der Waals surface area contributed by atoms with E-state index in [0.717, 1.165) is 21.9 Å². The molecule has 1 amide bonds. The summed E-state index contributed by atoms with van der Waals surface area (Å²) in [6.07, 6.45) is 4.97. The number of carbonyl (C=O) groups excluding carboxylic acids is 1. The van der Waals surface area contributed by atoms with Crippen LogP contribution >= 0.6 is 0 Å². The van der Waals surface area contributed by atoms with Gasteiger partial charge in [0.25, 0.3) is 11.5 Å². The van der Waals surface area contributed by atoms with Crippen LogP contribution in [0.2, 0.25) is 0 Å². The van der Waals surface area contributed by atoms with E-state index in [4.69, 9.17) is 9.47 Å². The van der Waals surface area contributed by atoms with Crippen molar-refractivity contribution in [2.45, 2.75) is 6.92 Å². The van der Waals surface area contributed by atoms with Crippen molar-refractivity contribution in [3.63, 3.8) is 0 Å². The monoisotopic (exact) mass is 603 g/mol. The predicted octanol–water partition coefficient (Wildman–Crippen LogP) is 7.66. The number of hydrogen-bond acceptors (Lipinski definition) is 5. The summed E-state index contributed by atoms with van der Waals surface area (Å²) in [6, 6.07) is 24.4. The summed E-state index contributed by atoms with van der Waals surface area (Å²) < 4.78 is 41.4. The number of methoxy groups -OCH3 is 1. The zero-order valence-corrected chi connectivity index (χ0v) is 24.4. The normalized spacial score (nSPS) is 10.9. The third kappa shape index (κ3) is 5.88. The Kier molecular flexibility index (Phi) is 8.07. The van der Waals surface area contributed by atoms with Crippen molar-refractivity contribution in [1.29, 1.82) is 0 Å². The van der Waals surface area contributed by atoms with E-state index in [-0.39, 0.29) is 23.6 Å². The Balaban J connectivity index is 1.31. The second kappa shape index (κ2) is 12.4. The number of anilines is 1. The number of halogens is 2. The first-order valence-corrected chi connectivity index (χ1v) is 14.1. The van der Waals surface area contributed by atoms with E-state index in [1.807, 2.05) is 30.3 Å². The van der Waals surface area contributed by atoms with Crippen molar-refractivity contribution in [3.05, 3.63) is 137 Å². The highest BCUT2D eigenvalue weighted by atomic mass is 19.1. The fourth-order valence-electron chi connectivity index (χ4n) is 5.18. The minimum absolute atomic E-state index is 0.0752. The molecule has 224 valence electrons. The number of nitrogens with one attached hydrogen (secondary N) is 1. The molecule has 0 spiro atoms. The zero-order valence-electron chi connectivity index (χ0n) is 24.4. The molecule has 0 aliphatic rings. The van der Waals surface area contributed by atoms with Gasteiger partial charge in [-0.15, -0.1) is 0 Å². The number of fused-ring (bicyclic) bond motifs is 1. The molecule has 0 aliphatic carbocycles. The first-order valence-electron chi connectivity index (χ1n) is 14.1. The van der Waals surface area contributed by atoms with Gasteiger partial charge in [0.2, 0.25) is 0 Å². The number of carbonyl (C=O) groups is 1. The van der Waals surface area contributed by atoms with Gasteiger partial charge in [0.15, 0.2) is 0 Å². The number of aromatic nitrogens is 2. The summed E-state index contributed by atoms with van der Waals surface area (Å²) >= 11 is 0. The fourth-order valence-corrected chi connectivity index (χ4v) is 5.18. The highest BCUT2D eigenvalue weighted by molar-refractivity contribution is 6.06. The molecule has 0 unspecified atom stereocenters. The van der Waals surface area contributed by atoms with Crippen LogP contribution in [0.4, 0.5) is 14.5 Å². The van der Waals surface area contributed by atoms with E-state index in [0.29, 0.717) is 22.6 Å². The lowest BCUT2D eigenvalue weighted by molar-refractivity contribution is 0.102. The summed E-state index contributed by atoms with van der Waals surface area (Å²) in [5.74, 6) is -1.10. The molecule has 45 heavy (non-hydrogen) atoms. The van der Waals surface area contributed by atoms with Crippen LogP contribution in [-0.2, 0) is 0 Å². The number of benzene rings is 4.